The fraction of sp³-hybridized carbons (Fsp3) is 0.400. The second-order valence-corrected chi connectivity index (χ2v) is 4.97. The van der Waals surface area contributed by atoms with E-state index >= 15 is 0 Å². The highest BCUT2D eigenvalue weighted by atomic mass is 16.5. The van der Waals surface area contributed by atoms with Crippen LogP contribution in [0.3, 0.4) is 0 Å². The van der Waals surface area contributed by atoms with Gasteiger partial charge in [-0.05, 0) is 44.0 Å². The van der Waals surface area contributed by atoms with Crippen molar-refractivity contribution >= 4 is 5.97 Å². The quantitative estimate of drug-likeness (QED) is 0.911. The summed E-state index contributed by atoms with van der Waals surface area (Å²) in [4.78, 5) is 11.4. The summed E-state index contributed by atoms with van der Waals surface area (Å²) in [5.41, 5.74) is 1.17. The monoisotopic (exact) mass is 303 g/mol. The summed E-state index contributed by atoms with van der Waals surface area (Å²) in [6.07, 6.45) is 1.38. The Balaban J connectivity index is 2.00. The summed E-state index contributed by atoms with van der Waals surface area (Å²) in [6.45, 7) is 3.13. The third kappa shape index (κ3) is 2.67. The molecule has 1 aromatic carbocycles. The zero-order valence-corrected chi connectivity index (χ0v) is 12.2. The number of benzene rings is 1. The smallest absolute Gasteiger partial charge is 0.358 e. The molecule has 7 heteroatoms. The van der Waals surface area contributed by atoms with Crippen LogP contribution in [0.4, 0.5) is 0 Å². The number of ether oxygens (including phenoxy) is 2. The maximum absolute atomic E-state index is 11.4. The summed E-state index contributed by atoms with van der Waals surface area (Å²) in [5, 5.41) is 17.1. The second-order valence-electron chi connectivity index (χ2n) is 4.97. The van der Waals surface area contributed by atoms with Crippen LogP contribution in [-0.4, -0.2) is 39.3 Å². The topological polar surface area (TPSA) is 86.5 Å². The molecule has 0 amide bonds. The Morgan fingerprint density at radius 2 is 2.23 bits per heavy atom. The molecule has 0 saturated carbocycles. The van der Waals surface area contributed by atoms with Crippen LogP contribution in [0.25, 0.3) is 5.69 Å². The molecular weight excluding hydrogens is 286 g/mol. The van der Waals surface area contributed by atoms with E-state index in [2.05, 4.69) is 10.3 Å². The van der Waals surface area contributed by atoms with Gasteiger partial charge in [0, 0.05) is 6.61 Å². The maximum Gasteiger partial charge on any atom is 0.358 e. The van der Waals surface area contributed by atoms with Gasteiger partial charge in [0.05, 0.1) is 12.3 Å². The lowest BCUT2D eigenvalue weighted by molar-refractivity contribution is 0.0673. The molecule has 3 rings (SSSR count). The number of rotatable bonds is 5. The molecule has 7 nitrogen and oxygen atoms in total. The number of hydrogen-bond acceptors (Lipinski definition) is 5. The first-order valence-corrected chi connectivity index (χ1v) is 7.24. The van der Waals surface area contributed by atoms with Gasteiger partial charge in [0.2, 0.25) is 0 Å². The molecule has 1 fully saturated rings. The van der Waals surface area contributed by atoms with E-state index in [9.17, 15) is 9.90 Å². The third-order valence-electron chi connectivity index (χ3n) is 3.53. The van der Waals surface area contributed by atoms with Crippen molar-refractivity contribution in [2.45, 2.75) is 25.9 Å². The summed E-state index contributed by atoms with van der Waals surface area (Å²) in [7, 11) is 0. The van der Waals surface area contributed by atoms with Crippen LogP contribution in [0.2, 0.25) is 0 Å². The molecule has 2 heterocycles. The van der Waals surface area contributed by atoms with Gasteiger partial charge in [-0.15, -0.1) is 5.10 Å². The van der Waals surface area contributed by atoms with Gasteiger partial charge in [0.25, 0.3) is 0 Å². The molecule has 1 saturated heterocycles. The van der Waals surface area contributed by atoms with Crippen LogP contribution in [0.5, 0.6) is 5.75 Å². The van der Waals surface area contributed by atoms with Crippen molar-refractivity contribution in [3.63, 3.8) is 0 Å². The molecule has 0 bridgehead atoms. The first-order valence-electron chi connectivity index (χ1n) is 7.24. The van der Waals surface area contributed by atoms with E-state index in [1.165, 1.54) is 4.68 Å². The lowest BCUT2D eigenvalue weighted by atomic mass is 10.1. The lowest BCUT2D eigenvalue weighted by Gasteiger charge is -2.13. The number of carbonyl (C=O) groups is 1. The molecule has 0 aliphatic carbocycles. The number of carboxylic acids is 1. The van der Waals surface area contributed by atoms with E-state index < -0.39 is 5.97 Å². The molecule has 116 valence electrons. The molecular formula is C15H17N3O4. The molecule has 1 unspecified atom stereocenters. The van der Waals surface area contributed by atoms with Gasteiger partial charge in [-0.1, -0.05) is 5.21 Å². The SMILES string of the molecule is CCOc1ccc(-n2nnc(C(=O)O)c2C2CCCO2)cc1. The zero-order chi connectivity index (χ0) is 15.5. The first kappa shape index (κ1) is 14.5. The summed E-state index contributed by atoms with van der Waals surface area (Å²) in [6, 6.07) is 7.29. The van der Waals surface area contributed by atoms with Crippen molar-refractivity contribution in [1.82, 2.24) is 15.0 Å². The molecule has 22 heavy (non-hydrogen) atoms. The highest BCUT2D eigenvalue weighted by Crippen LogP contribution is 2.31. The zero-order valence-electron chi connectivity index (χ0n) is 12.2. The van der Waals surface area contributed by atoms with Gasteiger partial charge in [-0.3, -0.25) is 0 Å². The van der Waals surface area contributed by atoms with Gasteiger partial charge in [0.1, 0.15) is 17.5 Å². The maximum atomic E-state index is 11.4. The molecule has 2 aromatic rings. The molecule has 1 aliphatic rings. The van der Waals surface area contributed by atoms with E-state index in [-0.39, 0.29) is 11.8 Å². The predicted octanol–water partition coefficient (Wildman–Crippen LogP) is 2.22. The van der Waals surface area contributed by atoms with Gasteiger partial charge in [0.15, 0.2) is 5.69 Å². The first-order chi connectivity index (χ1) is 10.7. The molecule has 1 atom stereocenters. The van der Waals surface area contributed by atoms with Crippen LogP contribution in [-0.2, 0) is 4.74 Å². The van der Waals surface area contributed by atoms with Crippen molar-refractivity contribution in [2.75, 3.05) is 13.2 Å². The number of hydrogen-bond donors (Lipinski definition) is 1. The number of aromatic nitrogens is 3. The van der Waals surface area contributed by atoms with Crippen LogP contribution in [0, 0.1) is 0 Å². The largest absolute Gasteiger partial charge is 0.494 e. The van der Waals surface area contributed by atoms with E-state index in [0.717, 1.165) is 24.3 Å². The van der Waals surface area contributed by atoms with E-state index in [1.807, 2.05) is 31.2 Å². The summed E-state index contributed by atoms with van der Waals surface area (Å²) >= 11 is 0. The Bertz CT molecular complexity index is 660. The average molecular weight is 303 g/mol. The fourth-order valence-electron chi connectivity index (χ4n) is 2.56. The van der Waals surface area contributed by atoms with Crippen LogP contribution >= 0.6 is 0 Å². The van der Waals surface area contributed by atoms with Crippen LogP contribution in [0.1, 0.15) is 42.1 Å². The Hall–Kier alpha value is -2.41. The summed E-state index contributed by atoms with van der Waals surface area (Å²) < 4.78 is 12.6. The van der Waals surface area contributed by atoms with Gasteiger partial charge in [-0.25, -0.2) is 9.48 Å². The van der Waals surface area contributed by atoms with E-state index in [0.29, 0.717) is 18.9 Å². The Labute approximate surface area is 127 Å². The minimum Gasteiger partial charge on any atom is -0.494 e. The van der Waals surface area contributed by atoms with Crippen molar-refractivity contribution in [3.05, 3.63) is 35.7 Å². The third-order valence-corrected chi connectivity index (χ3v) is 3.53. The standard InChI is InChI=1S/C15H17N3O4/c1-2-21-11-7-5-10(6-8-11)18-14(12-4-3-9-22-12)13(15(19)20)16-17-18/h5-8,12H,2-4,9H2,1H3,(H,19,20). The van der Waals surface area contributed by atoms with Crippen molar-refractivity contribution < 1.29 is 19.4 Å². The van der Waals surface area contributed by atoms with Crippen molar-refractivity contribution in [3.8, 4) is 11.4 Å². The highest BCUT2D eigenvalue weighted by Gasteiger charge is 2.30. The molecule has 0 spiro atoms. The average Bonchev–Trinajstić information content (AvgIpc) is 3.17. The minimum atomic E-state index is -1.09. The molecule has 1 aliphatic heterocycles. The molecule has 0 radical (unpaired) electrons. The highest BCUT2D eigenvalue weighted by molar-refractivity contribution is 5.86. The fourth-order valence-corrected chi connectivity index (χ4v) is 2.56. The second kappa shape index (κ2) is 6.15. The normalized spacial score (nSPS) is 17.6. The van der Waals surface area contributed by atoms with Gasteiger partial charge >= 0.3 is 5.97 Å². The van der Waals surface area contributed by atoms with Crippen LogP contribution < -0.4 is 4.74 Å². The molecule has 1 aromatic heterocycles. The number of aromatic carboxylic acids is 1. The number of nitrogens with zero attached hydrogens (tertiary/aromatic N) is 3. The van der Waals surface area contributed by atoms with Crippen molar-refractivity contribution in [2.24, 2.45) is 0 Å². The molecule has 1 N–H and O–H groups in total. The van der Waals surface area contributed by atoms with Gasteiger partial charge < -0.3 is 14.6 Å². The van der Waals surface area contributed by atoms with Crippen LogP contribution in [0.15, 0.2) is 24.3 Å². The van der Waals surface area contributed by atoms with E-state index in [1.54, 1.807) is 0 Å². The predicted molar refractivity (Wildman–Crippen MR) is 77.4 cm³/mol. The Kier molecular flexibility index (Phi) is 4.06. The Morgan fingerprint density at radius 3 is 2.82 bits per heavy atom. The van der Waals surface area contributed by atoms with E-state index in [4.69, 9.17) is 9.47 Å². The minimum absolute atomic E-state index is 0.0548. The van der Waals surface area contributed by atoms with Crippen molar-refractivity contribution in [1.29, 1.82) is 0 Å². The lowest BCUT2D eigenvalue weighted by Crippen LogP contribution is -2.11. The summed E-state index contributed by atoms with van der Waals surface area (Å²) in [5.74, 6) is -0.342. The number of carboxylic acid groups (broad SMARTS) is 1. The van der Waals surface area contributed by atoms with Gasteiger partial charge in [-0.2, -0.15) is 0 Å². The Morgan fingerprint density at radius 1 is 1.45 bits per heavy atom.